The average Bonchev–Trinajstić information content (AvgIpc) is 3.53. The van der Waals surface area contributed by atoms with Gasteiger partial charge < -0.3 is 9.67 Å². The molecule has 9 aromatic rings. The molecule has 6 aromatic carbocycles. The van der Waals surface area contributed by atoms with Gasteiger partial charge >= 0.3 is 0 Å². The maximum Gasteiger partial charge on any atom is 0.124 e. The van der Waals surface area contributed by atoms with Crippen LogP contribution in [0.2, 0.25) is 0 Å². The third-order valence-corrected chi connectivity index (χ3v) is 9.38. The average molecular weight is 660 g/mol. The van der Waals surface area contributed by atoms with E-state index in [0.717, 1.165) is 44.4 Å². The predicted molar refractivity (Wildman–Crippen MR) is 205 cm³/mol. The van der Waals surface area contributed by atoms with Crippen LogP contribution in [0.4, 0.5) is 4.39 Å². The Labute approximate surface area is 294 Å². The molecule has 9 rings (SSSR count). The first kappa shape index (κ1) is 30.2. The quantitative estimate of drug-likeness (QED) is 0.193. The van der Waals surface area contributed by atoms with Crippen molar-refractivity contribution in [2.75, 3.05) is 0 Å². The van der Waals surface area contributed by atoms with E-state index in [1.165, 1.54) is 17.5 Å². The highest BCUT2D eigenvalue weighted by Crippen LogP contribution is 2.39. The molecule has 0 aliphatic carbocycles. The van der Waals surface area contributed by atoms with Gasteiger partial charge in [0.2, 0.25) is 0 Å². The Balaban J connectivity index is 1.20. The van der Waals surface area contributed by atoms with Crippen LogP contribution in [0.1, 0.15) is 0 Å². The number of halogens is 1. The van der Waals surface area contributed by atoms with Crippen molar-refractivity contribution in [3.63, 3.8) is 0 Å². The SMILES string of the molecule is Oc1ccccc1-c1cc(-c2ccccc2)cc(-c2cc(F)cc(-c3cc(-c4cccc5c6ccccc6n(-c6ccccc6)c45)ccn3)c2)n1. The first-order valence-corrected chi connectivity index (χ1v) is 16.8. The molecule has 0 radical (unpaired) electrons. The molecule has 4 nitrogen and oxygen atoms in total. The number of hydrogen-bond donors (Lipinski definition) is 1. The Morgan fingerprint density at radius 3 is 1.94 bits per heavy atom. The highest BCUT2D eigenvalue weighted by Gasteiger charge is 2.18. The summed E-state index contributed by atoms with van der Waals surface area (Å²) >= 11 is 0. The van der Waals surface area contributed by atoms with E-state index in [2.05, 4.69) is 71.3 Å². The van der Waals surface area contributed by atoms with Crippen molar-refractivity contribution in [3.8, 4) is 67.5 Å². The van der Waals surface area contributed by atoms with E-state index >= 15 is 4.39 Å². The fraction of sp³-hybridized carbons (Fsp3) is 0. The zero-order valence-corrected chi connectivity index (χ0v) is 27.4. The minimum atomic E-state index is -0.392. The number of rotatable bonds is 6. The number of phenolic OH excluding ortho intramolecular Hbond substituents is 1. The lowest BCUT2D eigenvalue weighted by Crippen LogP contribution is -1.96. The molecule has 0 saturated heterocycles. The summed E-state index contributed by atoms with van der Waals surface area (Å²) in [5, 5.41) is 13.1. The van der Waals surface area contributed by atoms with E-state index in [4.69, 9.17) is 9.97 Å². The third kappa shape index (κ3) is 5.51. The summed E-state index contributed by atoms with van der Waals surface area (Å²) in [4.78, 5) is 9.67. The smallest absolute Gasteiger partial charge is 0.124 e. The van der Waals surface area contributed by atoms with Crippen LogP contribution < -0.4 is 0 Å². The lowest BCUT2D eigenvalue weighted by atomic mass is 9.97. The Morgan fingerprint density at radius 1 is 0.471 bits per heavy atom. The molecule has 51 heavy (non-hydrogen) atoms. The zero-order valence-electron chi connectivity index (χ0n) is 27.4. The van der Waals surface area contributed by atoms with Crippen LogP contribution in [-0.2, 0) is 0 Å². The molecule has 0 fully saturated rings. The van der Waals surface area contributed by atoms with E-state index in [0.29, 0.717) is 33.8 Å². The Hall–Kier alpha value is -6.85. The fourth-order valence-corrected chi connectivity index (χ4v) is 7.04. The van der Waals surface area contributed by atoms with Crippen LogP contribution in [0.25, 0.3) is 83.5 Å². The summed E-state index contributed by atoms with van der Waals surface area (Å²) in [6.45, 7) is 0. The van der Waals surface area contributed by atoms with Crippen molar-refractivity contribution < 1.29 is 9.50 Å². The van der Waals surface area contributed by atoms with E-state index in [1.54, 1.807) is 18.3 Å². The van der Waals surface area contributed by atoms with Gasteiger partial charge in [0.1, 0.15) is 11.6 Å². The summed E-state index contributed by atoms with van der Waals surface area (Å²) in [7, 11) is 0. The van der Waals surface area contributed by atoms with Gasteiger partial charge in [0.25, 0.3) is 0 Å². The van der Waals surface area contributed by atoms with E-state index in [1.807, 2.05) is 78.9 Å². The molecule has 0 aliphatic rings. The number of para-hydroxylation sites is 4. The number of nitrogens with zero attached hydrogens (tertiary/aromatic N) is 3. The number of aromatic hydroxyl groups is 1. The first-order chi connectivity index (χ1) is 25.1. The topological polar surface area (TPSA) is 50.9 Å². The molecule has 0 spiro atoms. The van der Waals surface area contributed by atoms with Crippen LogP contribution in [0.3, 0.4) is 0 Å². The largest absolute Gasteiger partial charge is 0.507 e. The maximum absolute atomic E-state index is 15.6. The normalized spacial score (nSPS) is 11.3. The second kappa shape index (κ2) is 12.6. The third-order valence-electron chi connectivity index (χ3n) is 9.38. The van der Waals surface area contributed by atoms with Gasteiger partial charge in [-0.25, -0.2) is 9.37 Å². The zero-order chi connectivity index (χ0) is 34.3. The molecule has 3 heterocycles. The van der Waals surface area contributed by atoms with Gasteiger partial charge in [0, 0.05) is 44.9 Å². The second-order valence-electron chi connectivity index (χ2n) is 12.6. The monoisotopic (exact) mass is 659 g/mol. The summed E-state index contributed by atoms with van der Waals surface area (Å²) < 4.78 is 17.9. The van der Waals surface area contributed by atoms with Gasteiger partial charge in [0.15, 0.2) is 0 Å². The molecule has 3 aromatic heterocycles. The summed E-state index contributed by atoms with van der Waals surface area (Å²) in [6.07, 6.45) is 1.79. The summed E-state index contributed by atoms with van der Waals surface area (Å²) in [5.74, 6) is -0.263. The van der Waals surface area contributed by atoms with Crippen molar-refractivity contribution >= 4 is 21.8 Å². The van der Waals surface area contributed by atoms with Crippen molar-refractivity contribution in [3.05, 3.63) is 182 Å². The number of aromatic nitrogens is 3. The van der Waals surface area contributed by atoms with Crippen LogP contribution in [0.15, 0.2) is 176 Å². The lowest BCUT2D eigenvalue weighted by Gasteiger charge is -2.13. The Bertz CT molecular complexity index is 2720. The molecule has 1 N–H and O–H groups in total. The number of fused-ring (bicyclic) bond motifs is 3. The molecular formula is C46H30FN3O. The van der Waals surface area contributed by atoms with Crippen LogP contribution in [0, 0.1) is 5.82 Å². The van der Waals surface area contributed by atoms with Crippen molar-refractivity contribution in [2.45, 2.75) is 0 Å². The summed E-state index contributed by atoms with van der Waals surface area (Å²) in [5.41, 5.74) is 10.9. The Morgan fingerprint density at radius 2 is 1.12 bits per heavy atom. The standard InChI is InChI=1S/C46H30FN3O/c47-35-25-33(24-34(26-35)42-28-32(30-12-3-1-4-13-30)29-43(49-42)40-17-8-10-21-45(40)51)41-27-31(22-23-48-41)37-18-11-19-39-38-16-7-9-20-44(38)50(46(37)39)36-14-5-2-6-15-36/h1-29,51H. The molecule has 0 aliphatic heterocycles. The highest BCUT2D eigenvalue weighted by molar-refractivity contribution is 6.13. The van der Waals surface area contributed by atoms with Crippen LogP contribution in [-0.4, -0.2) is 19.6 Å². The molecular weight excluding hydrogens is 630 g/mol. The van der Waals surface area contributed by atoms with Gasteiger partial charge in [-0.3, -0.25) is 4.98 Å². The number of benzene rings is 6. The maximum atomic E-state index is 15.6. The van der Waals surface area contributed by atoms with Gasteiger partial charge in [-0.1, -0.05) is 97.1 Å². The van der Waals surface area contributed by atoms with Crippen molar-refractivity contribution in [2.24, 2.45) is 0 Å². The van der Waals surface area contributed by atoms with E-state index in [-0.39, 0.29) is 5.75 Å². The van der Waals surface area contributed by atoms with Gasteiger partial charge in [-0.05, 0) is 89.5 Å². The Kier molecular flexibility index (Phi) is 7.44. The minimum Gasteiger partial charge on any atom is -0.507 e. The minimum absolute atomic E-state index is 0.128. The van der Waals surface area contributed by atoms with Crippen LogP contribution >= 0.6 is 0 Å². The molecule has 0 unspecified atom stereocenters. The summed E-state index contributed by atoms with van der Waals surface area (Å²) in [6, 6.07) is 55.3. The molecule has 0 saturated carbocycles. The lowest BCUT2D eigenvalue weighted by molar-refractivity contribution is 0.477. The van der Waals surface area contributed by atoms with E-state index in [9.17, 15) is 5.11 Å². The highest BCUT2D eigenvalue weighted by atomic mass is 19.1. The van der Waals surface area contributed by atoms with Crippen molar-refractivity contribution in [1.82, 2.24) is 14.5 Å². The number of phenols is 1. The second-order valence-corrected chi connectivity index (χ2v) is 12.6. The van der Waals surface area contributed by atoms with E-state index < -0.39 is 5.82 Å². The van der Waals surface area contributed by atoms with Gasteiger partial charge in [-0.15, -0.1) is 0 Å². The molecule has 0 amide bonds. The molecule has 0 bridgehead atoms. The van der Waals surface area contributed by atoms with Crippen LogP contribution in [0.5, 0.6) is 5.75 Å². The number of pyridine rings is 2. The molecule has 5 heteroatoms. The van der Waals surface area contributed by atoms with Gasteiger partial charge in [0.05, 0.1) is 28.1 Å². The number of hydrogen-bond acceptors (Lipinski definition) is 3. The first-order valence-electron chi connectivity index (χ1n) is 16.8. The molecule has 0 atom stereocenters. The van der Waals surface area contributed by atoms with Gasteiger partial charge in [-0.2, -0.15) is 0 Å². The van der Waals surface area contributed by atoms with Crippen molar-refractivity contribution in [1.29, 1.82) is 0 Å². The fourth-order valence-electron chi connectivity index (χ4n) is 7.04. The molecule has 242 valence electrons. The predicted octanol–water partition coefficient (Wildman–Crippen LogP) is 11.8.